The Kier molecular flexibility index (Phi) is 7.41. The number of thiocarbonyl (C=S) groups is 1. The van der Waals surface area contributed by atoms with E-state index in [1.54, 1.807) is 18.4 Å². The van der Waals surface area contributed by atoms with Gasteiger partial charge in [-0.1, -0.05) is 0 Å². The molecule has 10 nitrogen and oxygen atoms in total. The number of ether oxygens (including phenoxy) is 1. The quantitative estimate of drug-likeness (QED) is 0.455. The predicted octanol–water partition coefficient (Wildman–Crippen LogP) is 3.72. The van der Waals surface area contributed by atoms with E-state index in [0.717, 1.165) is 92.3 Å². The molecule has 0 radical (unpaired) electrons. The summed E-state index contributed by atoms with van der Waals surface area (Å²) in [7, 11) is 1.67. The smallest absolute Gasteiger partial charge is 0.232 e. The Bertz CT molecular complexity index is 1210. The zero-order valence-corrected chi connectivity index (χ0v) is 23.3. The van der Waals surface area contributed by atoms with E-state index < -0.39 is 0 Å². The maximum Gasteiger partial charge on any atom is 0.232 e. The van der Waals surface area contributed by atoms with Gasteiger partial charge in [0.05, 0.1) is 12.8 Å². The first-order valence-electron chi connectivity index (χ1n) is 13.3. The normalized spacial score (nSPS) is 17.8. The van der Waals surface area contributed by atoms with E-state index in [9.17, 15) is 0 Å². The van der Waals surface area contributed by atoms with Crippen LogP contribution in [0.1, 0.15) is 25.7 Å². The van der Waals surface area contributed by atoms with Crippen molar-refractivity contribution in [2.75, 3.05) is 79.5 Å². The van der Waals surface area contributed by atoms with E-state index in [0.29, 0.717) is 5.11 Å². The Morgan fingerprint density at radius 1 is 0.763 bits per heavy atom. The summed E-state index contributed by atoms with van der Waals surface area (Å²) in [5.41, 5.74) is 1.97. The van der Waals surface area contributed by atoms with Crippen LogP contribution in [0, 0.1) is 0 Å². The van der Waals surface area contributed by atoms with Crippen molar-refractivity contribution in [2.45, 2.75) is 25.7 Å². The fourth-order valence-electron chi connectivity index (χ4n) is 5.11. The lowest BCUT2D eigenvalue weighted by atomic mass is 10.2. The van der Waals surface area contributed by atoms with Gasteiger partial charge >= 0.3 is 0 Å². The minimum atomic E-state index is 0.700. The molecule has 5 heterocycles. The molecule has 0 bridgehead atoms. The first-order valence-corrected chi connectivity index (χ1v) is 14.6. The minimum absolute atomic E-state index is 0.700. The van der Waals surface area contributed by atoms with E-state index in [4.69, 9.17) is 36.9 Å². The highest BCUT2D eigenvalue weighted by molar-refractivity contribution is 7.80. The topological polar surface area (TPSA) is 85.8 Å². The van der Waals surface area contributed by atoms with Gasteiger partial charge in [0, 0.05) is 63.3 Å². The Hall–Kier alpha value is -3.25. The number of piperazine rings is 1. The summed E-state index contributed by atoms with van der Waals surface area (Å²) < 4.78 is 5.25. The van der Waals surface area contributed by atoms with Crippen molar-refractivity contribution in [1.29, 1.82) is 0 Å². The molecule has 1 N–H and O–H groups in total. The molecule has 0 atom stereocenters. The molecule has 0 saturated carbocycles. The SMILES string of the molecule is COc1ccc(-c2csc(NC(=S)N3CCN(c4nc(N5CCCC5)nc(N5CCCC5)n4)CC3)n2)cc1. The van der Waals surface area contributed by atoms with Crippen LogP contribution in [0.15, 0.2) is 29.6 Å². The van der Waals surface area contributed by atoms with Crippen LogP contribution < -0.4 is 24.8 Å². The van der Waals surface area contributed by atoms with Gasteiger partial charge in [-0.25, -0.2) is 4.98 Å². The molecule has 12 heteroatoms. The molecular formula is C26H33N9OS2. The zero-order chi connectivity index (χ0) is 25.9. The number of anilines is 4. The molecule has 0 unspecified atom stereocenters. The van der Waals surface area contributed by atoms with Gasteiger partial charge in [0.1, 0.15) is 5.75 Å². The van der Waals surface area contributed by atoms with Crippen molar-refractivity contribution < 1.29 is 4.74 Å². The van der Waals surface area contributed by atoms with Crippen LogP contribution in [0.5, 0.6) is 5.75 Å². The maximum atomic E-state index is 5.75. The summed E-state index contributed by atoms with van der Waals surface area (Å²) in [5.74, 6) is 3.27. The monoisotopic (exact) mass is 551 g/mol. The maximum absolute atomic E-state index is 5.75. The van der Waals surface area contributed by atoms with Crippen LogP contribution in [-0.2, 0) is 0 Å². The van der Waals surface area contributed by atoms with Crippen molar-refractivity contribution in [3.63, 3.8) is 0 Å². The van der Waals surface area contributed by atoms with Crippen molar-refractivity contribution >= 4 is 51.6 Å². The van der Waals surface area contributed by atoms with Crippen LogP contribution in [0.2, 0.25) is 0 Å². The molecule has 0 aliphatic carbocycles. The summed E-state index contributed by atoms with van der Waals surface area (Å²) in [4.78, 5) is 28.5. The lowest BCUT2D eigenvalue weighted by Gasteiger charge is -2.36. The van der Waals surface area contributed by atoms with E-state index in [2.05, 4.69) is 24.9 Å². The number of nitrogens with zero attached hydrogens (tertiary/aromatic N) is 8. The Labute approximate surface area is 232 Å². The van der Waals surface area contributed by atoms with Crippen LogP contribution in [0.25, 0.3) is 11.3 Å². The van der Waals surface area contributed by atoms with E-state index >= 15 is 0 Å². The summed E-state index contributed by atoms with van der Waals surface area (Å²) in [6.07, 6.45) is 4.79. The van der Waals surface area contributed by atoms with Crippen molar-refractivity contribution in [3.05, 3.63) is 29.6 Å². The number of aromatic nitrogens is 4. The van der Waals surface area contributed by atoms with Gasteiger partial charge in [0.2, 0.25) is 17.8 Å². The molecule has 0 amide bonds. The minimum Gasteiger partial charge on any atom is -0.497 e. The number of methoxy groups -OCH3 is 1. The molecule has 0 spiro atoms. The van der Waals surface area contributed by atoms with Gasteiger partial charge in [-0.05, 0) is 62.2 Å². The lowest BCUT2D eigenvalue weighted by Crippen LogP contribution is -2.50. The summed E-state index contributed by atoms with van der Waals surface area (Å²) in [6.45, 7) is 7.29. The largest absolute Gasteiger partial charge is 0.497 e. The Balaban J connectivity index is 1.09. The number of thiazole rings is 1. The molecule has 1 aromatic carbocycles. The molecule has 3 aliphatic rings. The third-order valence-corrected chi connectivity index (χ3v) is 8.45. The fraction of sp³-hybridized carbons (Fsp3) is 0.500. The van der Waals surface area contributed by atoms with E-state index in [1.807, 2.05) is 29.6 Å². The van der Waals surface area contributed by atoms with Gasteiger partial charge in [0.25, 0.3) is 0 Å². The average molecular weight is 552 g/mol. The predicted molar refractivity (Wildman–Crippen MR) is 157 cm³/mol. The highest BCUT2D eigenvalue weighted by Crippen LogP contribution is 2.28. The first kappa shape index (κ1) is 25.1. The van der Waals surface area contributed by atoms with Crippen LogP contribution in [0.4, 0.5) is 23.0 Å². The van der Waals surface area contributed by atoms with Crippen LogP contribution in [-0.4, -0.2) is 89.4 Å². The molecule has 200 valence electrons. The number of benzene rings is 1. The highest BCUT2D eigenvalue weighted by Gasteiger charge is 2.26. The Morgan fingerprint density at radius 3 is 1.82 bits per heavy atom. The molecule has 3 fully saturated rings. The number of nitrogens with one attached hydrogen (secondary N) is 1. The summed E-state index contributed by atoms with van der Waals surface area (Å²) >= 11 is 7.31. The van der Waals surface area contributed by atoms with Crippen molar-refractivity contribution in [2.24, 2.45) is 0 Å². The zero-order valence-electron chi connectivity index (χ0n) is 21.7. The highest BCUT2D eigenvalue weighted by atomic mass is 32.1. The third-order valence-electron chi connectivity index (χ3n) is 7.33. The van der Waals surface area contributed by atoms with Crippen LogP contribution >= 0.6 is 23.6 Å². The van der Waals surface area contributed by atoms with Gasteiger partial charge in [-0.15, -0.1) is 11.3 Å². The summed E-state index contributed by atoms with van der Waals surface area (Å²) in [5, 5.41) is 6.88. The van der Waals surface area contributed by atoms with Gasteiger partial charge in [0.15, 0.2) is 10.2 Å². The van der Waals surface area contributed by atoms with Gasteiger partial charge < -0.3 is 29.7 Å². The lowest BCUT2D eigenvalue weighted by molar-refractivity contribution is 0.388. The van der Waals surface area contributed by atoms with Gasteiger partial charge in [-0.2, -0.15) is 15.0 Å². The molecule has 3 aliphatic heterocycles. The number of hydrogen-bond acceptors (Lipinski definition) is 10. The van der Waals surface area contributed by atoms with Gasteiger partial charge in [-0.3, -0.25) is 0 Å². The molecule has 3 aromatic rings. The van der Waals surface area contributed by atoms with E-state index in [-0.39, 0.29) is 0 Å². The van der Waals surface area contributed by atoms with E-state index in [1.165, 1.54) is 25.7 Å². The third kappa shape index (κ3) is 5.46. The second-order valence-corrected chi connectivity index (χ2v) is 11.0. The standard InChI is InChI=1S/C26H33N9OS2/c1-36-20-8-6-19(7-9-20)21-18-38-25(27-21)31-26(37)35-16-14-34(15-17-35)24-29-22(32-10-2-3-11-32)28-23(30-24)33-12-4-5-13-33/h6-9,18H,2-5,10-17H2,1H3,(H,27,31,37). The van der Waals surface area contributed by atoms with Crippen molar-refractivity contribution in [3.8, 4) is 17.0 Å². The molecular weight excluding hydrogens is 518 g/mol. The molecule has 3 saturated heterocycles. The first-order chi connectivity index (χ1) is 18.7. The number of rotatable bonds is 6. The second-order valence-electron chi connectivity index (χ2n) is 9.79. The average Bonchev–Trinajstić information content (AvgIpc) is 3.76. The van der Waals surface area contributed by atoms with Crippen molar-refractivity contribution in [1.82, 2.24) is 24.8 Å². The fourth-order valence-corrected chi connectivity index (χ4v) is 6.17. The second kappa shape index (κ2) is 11.2. The molecule has 2 aromatic heterocycles. The van der Waals surface area contributed by atoms with Crippen LogP contribution in [0.3, 0.4) is 0 Å². The molecule has 6 rings (SSSR count). The summed E-state index contributed by atoms with van der Waals surface area (Å²) in [6, 6.07) is 7.92. The number of hydrogen-bond donors (Lipinski definition) is 1. The Morgan fingerprint density at radius 2 is 1.29 bits per heavy atom. The molecule has 38 heavy (non-hydrogen) atoms.